The van der Waals surface area contributed by atoms with Gasteiger partial charge < -0.3 is 0 Å². The van der Waals surface area contributed by atoms with Crippen molar-refractivity contribution in [1.82, 2.24) is 4.90 Å². The summed E-state index contributed by atoms with van der Waals surface area (Å²) in [5, 5.41) is 0. The van der Waals surface area contributed by atoms with Gasteiger partial charge in [-0.3, -0.25) is 4.90 Å². The first-order chi connectivity index (χ1) is 4.88. The quantitative estimate of drug-likeness (QED) is 0.581. The van der Waals surface area contributed by atoms with Crippen molar-refractivity contribution < 1.29 is 0 Å². The minimum atomic E-state index is 0.744. The lowest BCUT2D eigenvalue weighted by Gasteiger charge is -2.27. The molecule has 1 fully saturated rings. The Hall–Kier alpha value is 0.180. The fraction of sp³-hybridized carbons (Fsp3) is 0.750. The molecule has 1 saturated heterocycles. The van der Waals surface area contributed by atoms with Crippen molar-refractivity contribution in [2.24, 2.45) is 0 Å². The average molecular weight is 202 g/mol. The molecule has 2 heterocycles. The van der Waals surface area contributed by atoms with Gasteiger partial charge in [0.05, 0.1) is 0 Å². The highest BCUT2D eigenvalue weighted by Crippen LogP contribution is 2.30. The van der Waals surface area contributed by atoms with Gasteiger partial charge in [-0.15, -0.1) is 0 Å². The minimum Gasteiger partial charge on any atom is -0.296 e. The normalized spacial score (nSPS) is 33.7. The SMILES string of the molecule is BrC1=CCCN2CCCC12. The Labute approximate surface area is 70.2 Å². The van der Waals surface area contributed by atoms with Crippen LogP contribution in [-0.2, 0) is 0 Å². The minimum absolute atomic E-state index is 0.744. The maximum absolute atomic E-state index is 3.61. The lowest BCUT2D eigenvalue weighted by Crippen LogP contribution is -2.32. The first-order valence-electron chi connectivity index (χ1n) is 3.97. The maximum Gasteiger partial charge on any atom is 0.0410 e. The molecule has 1 unspecified atom stereocenters. The largest absolute Gasteiger partial charge is 0.296 e. The van der Waals surface area contributed by atoms with Crippen LogP contribution >= 0.6 is 15.9 Å². The first kappa shape index (κ1) is 6.86. The van der Waals surface area contributed by atoms with Crippen molar-refractivity contribution in [3.63, 3.8) is 0 Å². The molecule has 0 radical (unpaired) electrons. The van der Waals surface area contributed by atoms with Gasteiger partial charge in [0.2, 0.25) is 0 Å². The van der Waals surface area contributed by atoms with Crippen molar-refractivity contribution in [3.8, 4) is 0 Å². The predicted molar refractivity (Wildman–Crippen MR) is 46.2 cm³/mol. The summed E-state index contributed by atoms with van der Waals surface area (Å²) in [6, 6.07) is 0.744. The van der Waals surface area contributed by atoms with Crippen LogP contribution in [0.5, 0.6) is 0 Å². The highest BCUT2D eigenvalue weighted by Gasteiger charge is 2.27. The number of halogens is 1. The third-order valence-electron chi connectivity index (χ3n) is 2.44. The van der Waals surface area contributed by atoms with Crippen molar-refractivity contribution in [2.75, 3.05) is 13.1 Å². The molecule has 2 aliphatic rings. The molecule has 10 heavy (non-hydrogen) atoms. The van der Waals surface area contributed by atoms with Gasteiger partial charge in [0.25, 0.3) is 0 Å². The van der Waals surface area contributed by atoms with E-state index in [1.807, 2.05) is 0 Å². The Morgan fingerprint density at radius 3 is 3.20 bits per heavy atom. The average Bonchev–Trinajstić information content (AvgIpc) is 2.36. The molecular weight excluding hydrogens is 190 g/mol. The molecular formula is C8H12BrN. The van der Waals surface area contributed by atoms with Crippen LogP contribution in [0.25, 0.3) is 0 Å². The molecule has 1 nitrogen and oxygen atoms in total. The zero-order chi connectivity index (χ0) is 6.97. The molecule has 0 bridgehead atoms. The molecule has 2 heteroatoms. The Morgan fingerprint density at radius 2 is 2.40 bits per heavy atom. The van der Waals surface area contributed by atoms with Crippen LogP contribution in [0.2, 0.25) is 0 Å². The summed E-state index contributed by atoms with van der Waals surface area (Å²) >= 11 is 3.61. The van der Waals surface area contributed by atoms with Crippen LogP contribution in [0.15, 0.2) is 10.6 Å². The molecule has 2 aliphatic heterocycles. The second-order valence-electron chi connectivity index (χ2n) is 3.07. The molecule has 56 valence electrons. The van der Waals surface area contributed by atoms with E-state index in [0.29, 0.717) is 0 Å². The van der Waals surface area contributed by atoms with E-state index in [1.54, 1.807) is 0 Å². The van der Waals surface area contributed by atoms with Crippen LogP contribution in [0.3, 0.4) is 0 Å². The molecule has 1 atom stereocenters. The van der Waals surface area contributed by atoms with E-state index < -0.39 is 0 Å². The fourth-order valence-corrected chi connectivity index (χ4v) is 2.66. The first-order valence-corrected chi connectivity index (χ1v) is 4.77. The van der Waals surface area contributed by atoms with Gasteiger partial charge in [0.1, 0.15) is 0 Å². The van der Waals surface area contributed by atoms with E-state index in [-0.39, 0.29) is 0 Å². The highest BCUT2D eigenvalue weighted by molar-refractivity contribution is 9.11. The van der Waals surface area contributed by atoms with Crippen LogP contribution in [-0.4, -0.2) is 24.0 Å². The van der Waals surface area contributed by atoms with Crippen LogP contribution < -0.4 is 0 Å². The Bertz CT molecular complexity index is 165. The van der Waals surface area contributed by atoms with Gasteiger partial charge >= 0.3 is 0 Å². The van der Waals surface area contributed by atoms with E-state index in [1.165, 1.54) is 36.8 Å². The molecule has 0 N–H and O–H groups in total. The van der Waals surface area contributed by atoms with Crippen LogP contribution in [0, 0.1) is 0 Å². The molecule has 0 aliphatic carbocycles. The summed E-state index contributed by atoms with van der Waals surface area (Å²) in [5.74, 6) is 0. The lowest BCUT2D eigenvalue weighted by atomic mass is 10.1. The monoisotopic (exact) mass is 201 g/mol. The highest BCUT2D eigenvalue weighted by atomic mass is 79.9. The van der Waals surface area contributed by atoms with Gasteiger partial charge in [-0.2, -0.15) is 0 Å². The van der Waals surface area contributed by atoms with E-state index in [0.717, 1.165) is 6.04 Å². The number of nitrogens with zero attached hydrogens (tertiary/aromatic N) is 1. The van der Waals surface area contributed by atoms with Gasteiger partial charge in [-0.25, -0.2) is 0 Å². The van der Waals surface area contributed by atoms with E-state index in [9.17, 15) is 0 Å². The number of hydrogen-bond acceptors (Lipinski definition) is 1. The number of fused-ring (bicyclic) bond motifs is 1. The molecule has 0 spiro atoms. The molecule has 0 aromatic heterocycles. The third-order valence-corrected chi connectivity index (χ3v) is 3.29. The maximum atomic E-state index is 3.61. The van der Waals surface area contributed by atoms with Gasteiger partial charge in [-0.05, 0) is 25.8 Å². The van der Waals surface area contributed by atoms with Gasteiger partial charge in [0, 0.05) is 17.1 Å². The lowest BCUT2D eigenvalue weighted by molar-refractivity contribution is 0.281. The summed E-state index contributed by atoms with van der Waals surface area (Å²) in [6.45, 7) is 2.59. The topological polar surface area (TPSA) is 3.24 Å². The third kappa shape index (κ3) is 1.04. The second-order valence-corrected chi connectivity index (χ2v) is 3.99. The van der Waals surface area contributed by atoms with Crippen LogP contribution in [0.1, 0.15) is 19.3 Å². The van der Waals surface area contributed by atoms with Crippen molar-refractivity contribution >= 4 is 15.9 Å². The van der Waals surface area contributed by atoms with Crippen molar-refractivity contribution in [3.05, 3.63) is 10.6 Å². The summed E-state index contributed by atoms with van der Waals surface area (Å²) in [7, 11) is 0. The standard InChI is InChI=1S/C8H12BrN/c9-7-3-1-5-10-6-2-4-8(7)10/h3,8H,1-2,4-6H2. The van der Waals surface area contributed by atoms with E-state index in [2.05, 4.69) is 26.9 Å². The summed E-state index contributed by atoms with van der Waals surface area (Å²) in [5.41, 5.74) is 0. The van der Waals surface area contributed by atoms with Crippen LogP contribution in [0.4, 0.5) is 0 Å². The Kier molecular flexibility index (Phi) is 1.83. The van der Waals surface area contributed by atoms with Crippen molar-refractivity contribution in [2.45, 2.75) is 25.3 Å². The fourth-order valence-electron chi connectivity index (χ4n) is 1.91. The molecule has 2 rings (SSSR count). The van der Waals surface area contributed by atoms with Gasteiger partial charge in [-0.1, -0.05) is 22.0 Å². The summed E-state index contributed by atoms with van der Waals surface area (Å²) in [4.78, 5) is 2.57. The smallest absolute Gasteiger partial charge is 0.0410 e. The van der Waals surface area contributed by atoms with E-state index >= 15 is 0 Å². The molecule has 0 amide bonds. The number of rotatable bonds is 0. The predicted octanol–water partition coefficient (Wildman–Crippen LogP) is 2.13. The summed E-state index contributed by atoms with van der Waals surface area (Å²) in [6.07, 6.45) is 6.30. The molecule has 0 aromatic carbocycles. The zero-order valence-electron chi connectivity index (χ0n) is 6.02. The second kappa shape index (κ2) is 2.67. The molecule has 0 saturated carbocycles. The summed E-state index contributed by atoms with van der Waals surface area (Å²) < 4.78 is 1.43. The number of hydrogen-bond donors (Lipinski definition) is 0. The zero-order valence-corrected chi connectivity index (χ0v) is 7.60. The Balaban J connectivity index is 2.16. The Morgan fingerprint density at radius 1 is 1.50 bits per heavy atom. The van der Waals surface area contributed by atoms with Gasteiger partial charge in [0.15, 0.2) is 0 Å². The van der Waals surface area contributed by atoms with E-state index in [4.69, 9.17) is 0 Å². The van der Waals surface area contributed by atoms with Crippen molar-refractivity contribution in [1.29, 1.82) is 0 Å². The molecule has 0 aromatic rings.